The molecule has 6 nitrogen and oxygen atoms in total. The zero-order valence-corrected chi connectivity index (χ0v) is 13.3. The van der Waals surface area contributed by atoms with Crippen molar-refractivity contribution in [3.05, 3.63) is 88.6 Å². The van der Waals surface area contributed by atoms with Crippen LogP contribution in [0.4, 0.5) is 8.78 Å². The van der Waals surface area contributed by atoms with Gasteiger partial charge in [-0.25, -0.2) is 18.4 Å². The predicted molar refractivity (Wildman–Crippen MR) is 92.5 cm³/mol. The zero-order valence-electron chi connectivity index (χ0n) is 13.3. The summed E-state index contributed by atoms with van der Waals surface area (Å²) in [5, 5.41) is 8.25. The standard InChI is InChI=1S/C18H11F2N5O/c19-15-7-4-8-16(20)13(15)9-22-24-11-21-17-14(18(24)26)10-23-25(17)12-5-2-1-3-6-12/h1-11H/b22-9-. The lowest BCUT2D eigenvalue weighted by Gasteiger charge is -2.03. The van der Waals surface area contributed by atoms with E-state index in [4.69, 9.17) is 0 Å². The van der Waals surface area contributed by atoms with E-state index < -0.39 is 17.2 Å². The normalized spacial score (nSPS) is 11.5. The molecule has 128 valence electrons. The fourth-order valence-corrected chi connectivity index (χ4v) is 2.50. The first kappa shape index (κ1) is 15.8. The smallest absolute Gasteiger partial charge is 0.266 e. The third-order valence-electron chi connectivity index (χ3n) is 3.78. The molecule has 0 bridgehead atoms. The second kappa shape index (κ2) is 6.32. The van der Waals surface area contributed by atoms with Crippen LogP contribution in [0.25, 0.3) is 16.7 Å². The Morgan fingerprint density at radius 3 is 2.46 bits per heavy atom. The predicted octanol–water partition coefficient (Wildman–Crippen LogP) is 2.74. The van der Waals surface area contributed by atoms with Gasteiger partial charge in [0.15, 0.2) is 5.65 Å². The summed E-state index contributed by atoms with van der Waals surface area (Å²) in [6.07, 6.45) is 3.51. The fraction of sp³-hybridized carbons (Fsp3) is 0. The van der Waals surface area contributed by atoms with Crippen LogP contribution in [0.15, 0.2) is 71.0 Å². The molecule has 0 amide bonds. The number of nitrogens with zero attached hydrogens (tertiary/aromatic N) is 5. The topological polar surface area (TPSA) is 65.1 Å². The minimum absolute atomic E-state index is 0.238. The molecule has 0 fully saturated rings. The molecule has 0 atom stereocenters. The third kappa shape index (κ3) is 2.67. The van der Waals surface area contributed by atoms with Crippen molar-refractivity contribution in [2.75, 3.05) is 0 Å². The summed E-state index contributed by atoms with van der Waals surface area (Å²) in [6.45, 7) is 0. The number of hydrogen-bond acceptors (Lipinski definition) is 4. The minimum atomic E-state index is -0.771. The number of rotatable bonds is 3. The van der Waals surface area contributed by atoms with Crippen molar-refractivity contribution in [3.8, 4) is 5.69 Å². The van der Waals surface area contributed by atoms with Crippen molar-refractivity contribution in [3.63, 3.8) is 0 Å². The summed E-state index contributed by atoms with van der Waals surface area (Å²) in [5.74, 6) is -1.54. The molecule has 2 aromatic heterocycles. The maximum absolute atomic E-state index is 13.7. The van der Waals surface area contributed by atoms with E-state index in [2.05, 4.69) is 15.2 Å². The lowest BCUT2D eigenvalue weighted by atomic mass is 10.2. The molecule has 0 aliphatic heterocycles. The Balaban J connectivity index is 1.78. The highest BCUT2D eigenvalue weighted by Gasteiger charge is 2.11. The summed E-state index contributed by atoms with van der Waals surface area (Å²) in [4.78, 5) is 16.7. The molecule has 4 aromatic rings. The molecule has 0 aliphatic rings. The van der Waals surface area contributed by atoms with Crippen LogP contribution < -0.4 is 5.56 Å². The van der Waals surface area contributed by atoms with Gasteiger partial charge in [0, 0.05) is 0 Å². The van der Waals surface area contributed by atoms with Gasteiger partial charge in [-0.1, -0.05) is 24.3 Å². The Morgan fingerprint density at radius 1 is 1.00 bits per heavy atom. The summed E-state index contributed by atoms with van der Waals surface area (Å²) < 4.78 is 29.7. The SMILES string of the molecule is O=c1c2cnn(-c3ccccc3)c2ncn1/N=C\c1c(F)cccc1F. The van der Waals surface area contributed by atoms with E-state index in [9.17, 15) is 13.6 Å². The Kier molecular flexibility index (Phi) is 3.85. The van der Waals surface area contributed by atoms with Gasteiger partial charge < -0.3 is 0 Å². The molecular formula is C18H11F2N5O. The first-order valence-electron chi connectivity index (χ1n) is 7.64. The first-order chi connectivity index (χ1) is 12.6. The molecular weight excluding hydrogens is 340 g/mol. The van der Waals surface area contributed by atoms with Gasteiger partial charge in [0.25, 0.3) is 5.56 Å². The van der Waals surface area contributed by atoms with Crippen molar-refractivity contribution >= 4 is 17.2 Å². The van der Waals surface area contributed by atoms with Gasteiger partial charge in [-0.05, 0) is 24.3 Å². The second-order valence-electron chi connectivity index (χ2n) is 5.40. The summed E-state index contributed by atoms with van der Waals surface area (Å²) in [5.41, 5.74) is 0.290. The third-order valence-corrected chi connectivity index (χ3v) is 3.78. The van der Waals surface area contributed by atoms with Gasteiger partial charge >= 0.3 is 0 Å². The Hall–Kier alpha value is -3.68. The largest absolute Gasteiger partial charge is 0.285 e. The maximum Gasteiger partial charge on any atom is 0.285 e. The molecule has 0 unspecified atom stereocenters. The Bertz CT molecular complexity index is 1160. The van der Waals surface area contributed by atoms with Crippen LogP contribution in [0.1, 0.15) is 5.56 Å². The van der Waals surface area contributed by atoms with Crippen LogP contribution in [0.2, 0.25) is 0 Å². The number of fused-ring (bicyclic) bond motifs is 1. The molecule has 0 radical (unpaired) electrons. The van der Waals surface area contributed by atoms with E-state index in [1.807, 2.05) is 30.3 Å². The van der Waals surface area contributed by atoms with Gasteiger partial charge in [-0.15, -0.1) is 0 Å². The van der Waals surface area contributed by atoms with Crippen molar-refractivity contribution < 1.29 is 8.78 Å². The quantitative estimate of drug-likeness (QED) is 0.533. The van der Waals surface area contributed by atoms with Gasteiger partial charge in [-0.2, -0.15) is 14.9 Å². The molecule has 0 saturated carbocycles. The molecule has 0 aliphatic carbocycles. The van der Waals surface area contributed by atoms with E-state index in [0.717, 1.165) is 28.7 Å². The molecule has 0 N–H and O–H groups in total. The Morgan fingerprint density at radius 2 is 1.73 bits per heavy atom. The number of halogens is 2. The molecule has 8 heteroatoms. The van der Waals surface area contributed by atoms with Crippen LogP contribution in [-0.4, -0.2) is 25.7 Å². The van der Waals surface area contributed by atoms with Crippen LogP contribution in [0, 0.1) is 11.6 Å². The molecule has 26 heavy (non-hydrogen) atoms. The molecule has 2 heterocycles. The lowest BCUT2D eigenvalue weighted by molar-refractivity contribution is 0.579. The van der Waals surface area contributed by atoms with E-state index in [1.54, 1.807) is 0 Å². The minimum Gasteiger partial charge on any atom is -0.266 e. The summed E-state index contributed by atoms with van der Waals surface area (Å²) >= 11 is 0. The van der Waals surface area contributed by atoms with Crippen molar-refractivity contribution in [2.45, 2.75) is 0 Å². The molecule has 2 aromatic carbocycles. The van der Waals surface area contributed by atoms with E-state index in [0.29, 0.717) is 5.65 Å². The Labute approximate surface area is 145 Å². The molecule has 4 rings (SSSR count). The van der Waals surface area contributed by atoms with E-state index >= 15 is 0 Å². The number of benzene rings is 2. The average Bonchev–Trinajstić information content (AvgIpc) is 3.08. The fourth-order valence-electron chi connectivity index (χ4n) is 2.50. The van der Waals surface area contributed by atoms with Gasteiger partial charge in [-0.3, -0.25) is 4.79 Å². The van der Waals surface area contributed by atoms with Crippen LogP contribution in [0.3, 0.4) is 0 Å². The average molecular weight is 351 g/mol. The van der Waals surface area contributed by atoms with E-state index in [-0.39, 0.29) is 10.9 Å². The number of aromatic nitrogens is 4. The lowest BCUT2D eigenvalue weighted by Crippen LogP contribution is -2.17. The number of para-hydroxylation sites is 1. The van der Waals surface area contributed by atoms with Crippen molar-refractivity contribution in [1.29, 1.82) is 0 Å². The summed E-state index contributed by atoms with van der Waals surface area (Å²) in [6, 6.07) is 12.7. The van der Waals surface area contributed by atoms with Gasteiger partial charge in [0.2, 0.25) is 0 Å². The van der Waals surface area contributed by atoms with E-state index in [1.165, 1.54) is 23.3 Å². The second-order valence-corrected chi connectivity index (χ2v) is 5.40. The summed E-state index contributed by atoms with van der Waals surface area (Å²) in [7, 11) is 0. The highest BCUT2D eigenvalue weighted by Crippen LogP contribution is 2.13. The van der Waals surface area contributed by atoms with Gasteiger partial charge in [0.1, 0.15) is 23.3 Å². The highest BCUT2D eigenvalue weighted by molar-refractivity contribution is 5.80. The molecule has 0 spiro atoms. The van der Waals surface area contributed by atoms with Crippen LogP contribution >= 0.6 is 0 Å². The monoisotopic (exact) mass is 351 g/mol. The molecule has 0 saturated heterocycles. The van der Waals surface area contributed by atoms with Gasteiger partial charge in [0.05, 0.1) is 23.7 Å². The van der Waals surface area contributed by atoms with Crippen LogP contribution in [-0.2, 0) is 0 Å². The maximum atomic E-state index is 13.7. The van der Waals surface area contributed by atoms with Crippen LogP contribution in [0.5, 0.6) is 0 Å². The first-order valence-corrected chi connectivity index (χ1v) is 7.64. The highest BCUT2D eigenvalue weighted by atomic mass is 19.1. The zero-order chi connectivity index (χ0) is 18.1. The van der Waals surface area contributed by atoms with Crippen molar-refractivity contribution in [2.24, 2.45) is 5.10 Å². The van der Waals surface area contributed by atoms with Crippen molar-refractivity contribution in [1.82, 2.24) is 19.4 Å². The number of hydrogen-bond donors (Lipinski definition) is 0.